The summed E-state index contributed by atoms with van der Waals surface area (Å²) < 4.78 is 5.26. The predicted molar refractivity (Wildman–Crippen MR) is 100 cm³/mol. The first-order chi connectivity index (χ1) is 11.7. The van der Waals surface area contributed by atoms with Crippen LogP contribution in [0, 0.1) is 0 Å². The maximum atomic E-state index is 12.3. The fourth-order valence-electron chi connectivity index (χ4n) is 2.97. The van der Waals surface area contributed by atoms with Gasteiger partial charge in [0.2, 0.25) is 0 Å². The highest BCUT2D eigenvalue weighted by molar-refractivity contribution is 5.86. The summed E-state index contributed by atoms with van der Waals surface area (Å²) in [4.78, 5) is 17.6. The number of hydrogen-bond donors (Lipinski definition) is 1. The van der Waals surface area contributed by atoms with Crippen molar-refractivity contribution in [3.8, 4) is 17.0 Å². The summed E-state index contributed by atoms with van der Waals surface area (Å²) >= 11 is 0. The van der Waals surface area contributed by atoms with E-state index in [1.807, 2.05) is 24.3 Å². The van der Waals surface area contributed by atoms with Gasteiger partial charge in [0.15, 0.2) is 0 Å². The fraction of sp³-hybridized carbons (Fsp3) is 0.250. The van der Waals surface area contributed by atoms with Crippen molar-refractivity contribution in [2.24, 2.45) is 0 Å². The van der Waals surface area contributed by atoms with Crippen LogP contribution in [0.5, 0.6) is 5.75 Å². The molecule has 0 radical (unpaired) electrons. The van der Waals surface area contributed by atoms with Crippen molar-refractivity contribution in [1.82, 2.24) is 4.98 Å². The predicted octanol–water partition coefficient (Wildman–Crippen LogP) is 4.05. The summed E-state index contributed by atoms with van der Waals surface area (Å²) in [6, 6.07) is 15.8. The van der Waals surface area contributed by atoms with E-state index in [1.165, 1.54) is 5.69 Å². The smallest absolute Gasteiger partial charge is 0.256 e. The third kappa shape index (κ3) is 3.00. The molecule has 0 aliphatic carbocycles. The zero-order valence-corrected chi connectivity index (χ0v) is 14.3. The van der Waals surface area contributed by atoms with Crippen LogP contribution >= 0.6 is 0 Å². The summed E-state index contributed by atoms with van der Waals surface area (Å²) in [5.41, 5.74) is 2.91. The molecule has 0 atom stereocenters. The van der Waals surface area contributed by atoms with Crippen LogP contribution in [0.1, 0.15) is 13.8 Å². The lowest BCUT2D eigenvalue weighted by atomic mass is 10.1. The van der Waals surface area contributed by atoms with Crippen LogP contribution in [-0.2, 0) is 0 Å². The minimum atomic E-state index is -0.0852. The largest absolute Gasteiger partial charge is 0.497 e. The summed E-state index contributed by atoms with van der Waals surface area (Å²) in [6.45, 7) is 6.24. The van der Waals surface area contributed by atoms with Crippen LogP contribution in [-0.4, -0.2) is 25.2 Å². The van der Waals surface area contributed by atoms with Crippen LogP contribution in [0.15, 0.2) is 53.3 Å². The minimum absolute atomic E-state index is 0.0852. The highest BCUT2D eigenvalue weighted by atomic mass is 16.5. The van der Waals surface area contributed by atoms with E-state index in [0.717, 1.165) is 35.5 Å². The lowest BCUT2D eigenvalue weighted by molar-refractivity contribution is 0.415. The van der Waals surface area contributed by atoms with Gasteiger partial charge in [0.25, 0.3) is 5.56 Å². The second kappa shape index (κ2) is 6.79. The maximum Gasteiger partial charge on any atom is 0.256 e. The van der Waals surface area contributed by atoms with Crippen LogP contribution in [0.3, 0.4) is 0 Å². The first-order valence-electron chi connectivity index (χ1n) is 8.22. The molecule has 0 unspecified atom stereocenters. The van der Waals surface area contributed by atoms with E-state index in [2.05, 4.69) is 35.9 Å². The van der Waals surface area contributed by atoms with Gasteiger partial charge >= 0.3 is 0 Å². The number of benzene rings is 2. The van der Waals surface area contributed by atoms with Gasteiger partial charge in [-0.3, -0.25) is 4.79 Å². The Morgan fingerprint density at radius 3 is 2.33 bits per heavy atom. The lowest BCUT2D eigenvalue weighted by Crippen LogP contribution is -2.21. The fourth-order valence-corrected chi connectivity index (χ4v) is 2.97. The molecule has 0 fully saturated rings. The second-order valence-electron chi connectivity index (χ2n) is 5.68. The summed E-state index contributed by atoms with van der Waals surface area (Å²) in [5.74, 6) is 0.746. The molecule has 1 aromatic heterocycles. The highest BCUT2D eigenvalue weighted by Gasteiger charge is 2.07. The van der Waals surface area contributed by atoms with Gasteiger partial charge in [-0.25, -0.2) is 0 Å². The van der Waals surface area contributed by atoms with Gasteiger partial charge < -0.3 is 14.6 Å². The van der Waals surface area contributed by atoms with Crippen LogP contribution in [0.2, 0.25) is 0 Å². The van der Waals surface area contributed by atoms with E-state index >= 15 is 0 Å². The third-order valence-corrected chi connectivity index (χ3v) is 4.36. The lowest BCUT2D eigenvalue weighted by Gasteiger charge is -2.21. The molecular formula is C20H22N2O2. The van der Waals surface area contributed by atoms with E-state index in [-0.39, 0.29) is 5.56 Å². The Morgan fingerprint density at radius 1 is 1.00 bits per heavy atom. The number of aromatic nitrogens is 1. The van der Waals surface area contributed by atoms with E-state index in [0.29, 0.717) is 5.39 Å². The highest BCUT2D eigenvalue weighted by Crippen LogP contribution is 2.25. The molecule has 3 aromatic rings. The number of nitrogens with zero attached hydrogens (tertiary/aromatic N) is 1. The molecule has 4 heteroatoms. The van der Waals surface area contributed by atoms with E-state index in [9.17, 15) is 4.79 Å². The van der Waals surface area contributed by atoms with E-state index in [1.54, 1.807) is 19.2 Å². The Kier molecular flexibility index (Phi) is 4.56. The van der Waals surface area contributed by atoms with Gasteiger partial charge in [-0.15, -0.1) is 0 Å². The maximum absolute atomic E-state index is 12.3. The average Bonchev–Trinajstić information content (AvgIpc) is 2.62. The number of aromatic amines is 1. The van der Waals surface area contributed by atoms with Crippen molar-refractivity contribution in [2.75, 3.05) is 25.1 Å². The van der Waals surface area contributed by atoms with Gasteiger partial charge in [0.1, 0.15) is 5.75 Å². The molecule has 1 heterocycles. The molecule has 0 saturated carbocycles. The van der Waals surface area contributed by atoms with Crippen molar-refractivity contribution in [3.63, 3.8) is 0 Å². The number of rotatable bonds is 5. The Bertz CT molecular complexity index is 894. The molecule has 3 rings (SSSR count). The van der Waals surface area contributed by atoms with E-state index < -0.39 is 0 Å². The normalized spacial score (nSPS) is 10.8. The molecule has 0 amide bonds. The Hall–Kier alpha value is -2.75. The number of methoxy groups -OCH3 is 1. The minimum Gasteiger partial charge on any atom is -0.497 e. The molecule has 0 aliphatic rings. The number of H-pyrrole nitrogens is 1. The van der Waals surface area contributed by atoms with E-state index in [4.69, 9.17) is 4.74 Å². The summed E-state index contributed by atoms with van der Waals surface area (Å²) in [5, 5.41) is 1.54. The number of hydrogen-bond acceptors (Lipinski definition) is 3. The molecule has 1 N–H and O–H groups in total. The summed E-state index contributed by atoms with van der Waals surface area (Å²) in [6.07, 6.45) is 0. The van der Waals surface area contributed by atoms with Crippen molar-refractivity contribution in [2.45, 2.75) is 13.8 Å². The molecule has 24 heavy (non-hydrogen) atoms. The van der Waals surface area contributed by atoms with Crippen molar-refractivity contribution < 1.29 is 4.74 Å². The van der Waals surface area contributed by atoms with Crippen molar-refractivity contribution >= 4 is 16.5 Å². The van der Waals surface area contributed by atoms with Crippen molar-refractivity contribution in [3.05, 3.63) is 58.9 Å². The van der Waals surface area contributed by atoms with Gasteiger partial charge in [0.05, 0.1) is 7.11 Å². The molecular weight excluding hydrogens is 300 g/mol. The number of pyridine rings is 1. The molecule has 4 nitrogen and oxygen atoms in total. The monoisotopic (exact) mass is 322 g/mol. The quantitative estimate of drug-likeness (QED) is 0.771. The Morgan fingerprint density at radius 2 is 1.71 bits per heavy atom. The van der Waals surface area contributed by atoms with Gasteiger partial charge in [-0.05, 0) is 61.2 Å². The molecule has 0 spiro atoms. The SMILES string of the molecule is CCN(CC)c1ccc(-c2cc3cc(OC)ccc3c(=O)[nH]2)cc1. The Labute approximate surface area is 141 Å². The number of nitrogens with one attached hydrogen (secondary N) is 1. The van der Waals surface area contributed by atoms with Crippen LogP contribution in [0.25, 0.3) is 22.0 Å². The second-order valence-corrected chi connectivity index (χ2v) is 5.68. The number of ether oxygens (including phenoxy) is 1. The average molecular weight is 322 g/mol. The Balaban J connectivity index is 2.04. The molecule has 0 bridgehead atoms. The first kappa shape index (κ1) is 16.1. The molecule has 0 aliphatic heterocycles. The topological polar surface area (TPSA) is 45.3 Å². The zero-order valence-electron chi connectivity index (χ0n) is 14.3. The van der Waals surface area contributed by atoms with Crippen molar-refractivity contribution in [1.29, 1.82) is 0 Å². The van der Waals surface area contributed by atoms with Crippen LogP contribution in [0.4, 0.5) is 5.69 Å². The standard InChI is InChI=1S/C20H22N2O2/c1-4-22(5-2)16-8-6-14(7-9-16)19-13-15-12-17(24-3)10-11-18(15)20(23)21-19/h6-13H,4-5H2,1-3H3,(H,21,23). The molecule has 0 saturated heterocycles. The zero-order chi connectivity index (χ0) is 17.1. The van der Waals surface area contributed by atoms with Crippen LogP contribution < -0.4 is 15.2 Å². The number of fused-ring (bicyclic) bond motifs is 1. The van der Waals surface area contributed by atoms with Gasteiger partial charge in [0, 0.05) is 29.9 Å². The molecule has 124 valence electrons. The van der Waals surface area contributed by atoms with Gasteiger partial charge in [-0.1, -0.05) is 12.1 Å². The third-order valence-electron chi connectivity index (χ3n) is 4.36. The first-order valence-corrected chi connectivity index (χ1v) is 8.22. The van der Waals surface area contributed by atoms with Gasteiger partial charge in [-0.2, -0.15) is 0 Å². The number of anilines is 1. The summed E-state index contributed by atoms with van der Waals surface area (Å²) in [7, 11) is 1.63. The molecule has 2 aromatic carbocycles.